The molecular weight excluding hydrogens is 184 g/mol. The Morgan fingerprint density at radius 2 is 2.13 bits per heavy atom. The molecule has 0 spiro atoms. The Kier molecular flexibility index (Phi) is 5.33. The van der Waals surface area contributed by atoms with Gasteiger partial charge < -0.3 is 5.32 Å². The lowest BCUT2D eigenvalue weighted by atomic mass is 9.97. The Morgan fingerprint density at radius 3 is 2.67 bits per heavy atom. The molecule has 1 N–H and O–H groups in total. The molecule has 0 aliphatic carbocycles. The molecular formula is C13H22N2. The van der Waals surface area contributed by atoms with Gasteiger partial charge in [0.05, 0.1) is 5.69 Å². The summed E-state index contributed by atoms with van der Waals surface area (Å²) in [6, 6.07) is 6.54. The first-order valence-electron chi connectivity index (χ1n) is 5.92. The molecule has 1 aromatic heterocycles. The van der Waals surface area contributed by atoms with Crippen LogP contribution in [0.2, 0.25) is 0 Å². The maximum absolute atomic E-state index is 4.42. The summed E-state index contributed by atoms with van der Waals surface area (Å²) < 4.78 is 0. The molecule has 1 aromatic rings. The van der Waals surface area contributed by atoms with Crippen LogP contribution in [-0.2, 0) is 0 Å². The summed E-state index contributed by atoms with van der Waals surface area (Å²) in [5.74, 6) is 0.746. The van der Waals surface area contributed by atoms with Crippen molar-refractivity contribution in [3.8, 4) is 0 Å². The lowest BCUT2D eigenvalue weighted by Gasteiger charge is -2.20. The Balaban J connectivity index is 2.65. The van der Waals surface area contributed by atoms with Gasteiger partial charge in [-0.3, -0.25) is 4.98 Å². The first-order chi connectivity index (χ1) is 7.27. The first kappa shape index (κ1) is 12.2. The summed E-state index contributed by atoms with van der Waals surface area (Å²) in [5.41, 5.74) is 1.17. The van der Waals surface area contributed by atoms with Gasteiger partial charge in [-0.1, -0.05) is 33.3 Å². The average molecular weight is 206 g/mol. The molecule has 2 nitrogen and oxygen atoms in total. The molecule has 84 valence electrons. The topological polar surface area (TPSA) is 24.9 Å². The minimum Gasteiger partial charge on any atom is -0.309 e. The van der Waals surface area contributed by atoms with Crippen LogP contribution in [0.15, 0.2) is 24.4 Å². The number of aromatic nitrogens is 1. The van der Waals surface area contributed by atoms with Crippen molar-refractivity contribution in [3.63, 3.8) is 0 Å². The van der Waals surface area contributed by atoms with Crippen LogP contribution in [0.25, 0.3) is 0 Å². The highest BCUT2D eigenvalue weighted by atomic mass is 14.9. The zero-order valence-electron chi connectivity index (χ0n) is 10.0. The van der Waals surface area contributed by atoms with E-state index in [1.54, 1.807) is 0 Å². The van der Waals surface area contributed by atoms with Crippen LogP contribution < -0.4 is 5.32 Å². The van der Waals surface area contributed by atoms with Crippen molar-refractivity contribution in [1.29, 1.82) is 0 Å². The Bertz CT molecular complexity index is 258. The van der Waals surface area contributed by atoms with Gasteiger partial charge in [0.2, 0.25) is 0 Å². The molecule has 1 rings (SSSR count). The van der Waals surface area contributed by atoms with Crippen LogP contribution in [0.1, 0.15) is 45.3 Å². The smallest absolute Gasteiger partial charge is 0.0573 e. The molecule has 0 aromatic carbocycles. The SMILES string of the molecule is CCNC(CC(C)CC)c1ccccn1. The van der Waals surface area contributed by atoms with Gasteiger partial charge in [-0.2, -0.15) is 0 Å². The molecule has 0 fully saturated rings. The van der Waals surface area contributed by atoms with Crippen molar-refractivity contribution in [2.75, 3.05) is 6.54 Å². The van der Waals surface area contributed by atoms with Gasteiger partial charge in [0.15, 0.2) is 0 Å². The zero-order valence-corrected chi connectivity index (χ0v) is 10.0. The Labute approximate surface area is 93.1 Å². The van der Waals surface area contributed by atoms with Crippen LogP contribution in [0.3, 0.4) is 0 Å². The van der Waals surface area contributed by atoms with Gasteiger partial charge in [0.25, 0.3) is 0 Å². The van der Waals surface area contributed by atoms with Gasteiger partial charge in [-0.25, -0.2) is 0 Å². The maximum Gasteiger partial charge on any atom is 0.0573 e. The molecule has 0 saturated heterocycles. The molecule has 15 heavy (non-hydrogen) atoms. The highest BCUT2D eigenvalue weighted by Crippen LogP contribution is 2.20. The van der Waals surface area contributed by atoms with E-state index in [0.29, 0.717) is 6.04 Å². The standard InChI is InChI=1S/C13H22N2/c1-4-11(3)10-13(14-5-2)12-8-6-7-9-15-12/h6-9,11,13-14H,4-5,10H2,1-3H3. The van der Waals surface area contributed by atoms with Crippen molar-refractivity contribution in [3.05, 3.63) is 30.1 Å². The van der Waals surface area contributed by atoms with E-state index in [2.05, 4.69) is 43.2 Å². The molecule has 0 radical (unpaired) electrons. The molecule has 1 heterocycles. The lowest BCUT2D eigenvalue weighted by molar-refractivity contribution is 0.402. The minimum atomic E-state index is 0.408. The van der Waals surface area contributed by atoms with Gasteiger partial charge in [0.1, 0.15) is 0 Å². The molecule has 0 amide bonds. The van der Waals surface area contributed by atoms with Gasteiger partial charge >= 0.3 is 0 Å². The number of nitrogens with one attached hydrogen (secondary N) is 1. The molecule has 0 aliphatic rings. The van der Waals surface area contributed by atoms with E-state index < -0.39 is 0 Å². The van der Waals surface area contributed by atoms with Crippen LogP contribution in [0.5, 0.6) is 0 Å². The van der Waals surface area contributed by atoms with Gasteiger partial charge in [0, 0.05) is 12.2 Å². The third-order valence-corrected chi connectivity index (χ3v) is 2.83. The molecule has 2 atom stereocenters. The van der Waals surface area contributed by atoms with E-state index in [-0.39, 0.29) is 0 Å². The lowest BCUT2D eigenvalue weighted by Crippen LogP contribution is -2.23. The highest BCUT2D eigenvalue weighted by Gasteiger charge is 2.13. The van der Waals surface area contributed by atoms with Crippen LogP contribution in [0.4, 0.5) is 0 Å². The third kappa shape index (κ3) is 4.00. The second-order valence-electron chi connectivity index (χ2n) is 4.11. The second-order valence-corrected chi connectivity index (χ2v) is 4.11. The van der Waals surface area contributed by atoms with Crippen LogP contribution in [0, 0.1) is 5.92 Å². The molecule has 0 aliphatic heterocycles. The summed E-state index contributed by atoms with van der Waals surface area (Å²) in [5, 5.41) is 3.50. The van der Waals surface area contributed by atoms with E-state index in [9.17, 15) is 0 Å². The fourth-order valence-electron chi connectivity index (χ4n) is 1.71. The van der Waals surface area contributed by atoms with E-state index in [1.807, 2.05) is 12.3 Å². The van der Waals surface area contributed by atoms with Crippen molar-refractivity contribution in [2.45, 2.75) is 39.7 Å². The third-order valence-electron chi connectivity index (χ3n) is 2.83. The second kappa shape index (κ2) is 6.57. The van der Waals surface area contributed by atoms with E-state index in [1.165, 1.54) is 18.5 Å². The maximum atomic E-state index is 4.42. The zero-order chi connectivity index (χ0) is 11.1. The normalized spacial score (nSPS) is 14.9. The minimum absolute atomic E-state index is 0.408. The van der Waals surface area contributed by atoms with E-state index in [0.717, 1.165) is 12.5 Å². The fraction of sp³-hybridized carbons (Fsp3) is 0.615. The highest BCUT2D eigenvalue weighted by molar-refractivity contribution is 5.08. The number of rotatable bonds is 6. The number of nitrogens with zero attached hydrogens (tertiary/aromatic N) is 1. The summed E-state index contributed by atoms with van der Waals surface area (Å²) in [6.07, 6.45) is 4.27. The van der Waals surface area contributed by atoms with Gasteiger partial charge in [-0.15, -0.1) is 0 Å². The van der Waals surface area contributed by atoms with E-state index in [4.69, 9.17) is 0 Å². The molecule has 0 saturated carbocycles. The Hall–Kier alpha value is -0.890. The number of hydrogen-bond acceptors (Lipinski definition) is 2. The summed E-state index contributed by atoms with van der Waals surface area (Å²) in [4.78, 5) is 4.42. The first-order valence-corrected chi connectivity index (χ1v) is 5.92. The number of hydrogen-bond donors (Lipinski definition) is 1. The number of pyridine rings is 1. The molecule has 2 heteroatoms. The summed E-state index contributed by atoms with van der Waals surface area (Å²) in [6.45, 7) is 7.68. The van der Waals surface area contributed by atoms with Gasteiger partial charge in [-0.05, 0) is 31.0 Å². The monoisotopic (exact) mass is 206 g/mol. The fourth-order valence-corrected chi connectivity index (χ4v) is 1.71. The van der Waals surface area contributed by atoms with Crippen LogP contribution >= 0.6 is 0 Å². The quantitative estimate of drug-likeness (QED) is 0.773. The van der Waals surface area contributed by atoms with E-state index >= 15 is 0 Å². The average Bonchev–Trinajstić information content (AvgIpc) is 2.29. The van der Waals surface area contributed by atoms with Crippen molar-refractivity contribution >= 4 is 0 Å². The predicted molar refractivity (Wildman–Crippen MR) is 64.7 cm³/mol. The Morgan fingerprint density at radius 1 is 1.33 bits per heavy atom. The van der Waals surface area contributed by atoms with Crippen LogP contribution in [-0.4, -0.2) is 11.5 Å². The molecule has 0 bridgehead atoms. The molecule has 2 unspecified atom stereocenters. The predicted octanol–water partition coefficient (Wildman–Crippen LogP) is 3.17. The van der Waals surface area contributed by atoms with Crippen molar-refractivity contribution in [2.24, 2.45) is 5.92 Å². The largest absolute Gasteiger partial charge is 0.309 e. The summed E-state index contributed by atoms with van der Waals surface area (Å²) >= 11 is 0. The van der Waals surface area contributed by atoms with Crippen molar-refractivity contribution < 1.29 is 0 Å². The summed E-state index contributed by atoms with van der Waals surface area (Å²) in [7, 11) is 0. The van der Waals surface area contributed by atoms with Crippen molar-refractivity contribution in [1.82, 2.24) is 10.3 Å².